The number of pyridine rings is 1. The smallest absolute Gasteiger partial charge is 0.184 e. The molecule has 14 aromatic rings. The molecule has 0 atom stereocenters. The molecule has 0 saturated heterocycles. The Morgan fingerprint density at radius 3 is 1.90 bits per heavy atom. The summed E-state index contributed by atoms with van der Waals surface area (Å²) in [6.07, 6.45) is 1.95. The molecule has 1 aliphatic heterocycles. The zero-order chi connectivity index (χ0) is 45.9. The van der Waals surface area contributed by atoms with Gasteiger partial charge in [0.25, 0.3) is 0 Å². The van der Waals surface area contributed by atoms with Gasteiger partial charge in [-0.2, -0.15) is 0 Å². The van der Waals surface area contributed by atoms with Crippen LogP contribution in [0.15, 0.2) is 253 Å². The molecule has 15 rings (SSSR count). The summed E-state index contributed by atoms with van der Waals surface area (Å²) in [6, 6.07) is 89.7. The first-order valence-corrected chi connectivity index (χ1v) is 26.0. The number of hydrogen-bond donors (Lipinski definition) is 0. The second kappa shape index (κ2) is 15.0. The number of anilines is 3. The minimum atomic E-state index is -2.96. The molecular formula is C65H41N3OSi. The molecule has 0 amide bonds. The summed E-state index contributed by atoms with van der Waals surface area (Å²) in [5, 5.41) is 17.3. The maximum atomic E-state index is 6.27. The average Bonchev–Trinajstić information content (AvgIpc) is 3.98. The topological polar surface area (TPSA) is 34.2 Å². The maximum absolute atomic E-state index is 6.27. The van der Waals surface area contributed by atoms with Crippen LogP contribution in [0.3, 0.4) is 0 Å². The fourth-order valence-electron chi connectivity index (χ4n) is 12.0. The van der Waals surface area contributed by atoms with Crippen molar-refractivity contribution in [3.63, 3.8) is 0 Å². The molecule has 0 fully saturated rings. The zero-order valence-corrected chi connectivity index (χ0v) is 38.9. The molecule has 3 aromatic heterocycles. The fourth-order valence-corrected chi connectivity index (χ4v) is 17.1. The zero-order valence-electron chi connectivity index (χ0n) is 37.9. The van der Waals surface area contributed by atoms with Gasteiger partial charge in [-0.3, -0.25) is 4.90 Å². The van der Waals surface area contributed by atoms with Crippen LogP contribution in [0.25, 0.3) is 92.9 Å². The minimum Gasteiger partial charge on any atom is -0.456 e. The summed E-state index contributed by atoms with van der Waals surface area (Å²) in [7, 11) is -2.96. The molecule has 70 heavy (non-hydrogen) atoms. The van der Waals surface area contributed by atoms with E-state index >= 15 is 0 Å². The second-order valence-corrected chi connectivity index (χ2v) is 22.4. The van der Waals surface area contributed by atoms with Gasteiger partial charge in [0.15, 0.2) is 8.07 Å². The lowest BCUT2D eigenvalue weighted by molar-refractivity contribution is 0.669. The third-order valence-corrected chi connectivity index (χ3v) is 19.9. The van der Waals surface area contributed by atoms with Crippen LogP contribution >= 0.6 is 0 Å². The number of rotatable bonds is 5. The van der Waals surface area contributed by atoms with E-state index in [4.69, 9.17) is 9.40 Å². The van der Waals surface area contributed by atoms with Gasteiger partial charge in [0.1, 0.15) is 17.0 Å². The first kappa shape index (κ1) is 39.0. The minimum absolute atomic E-state index is 0.919. The SMILES string of the molecule is c1ccc([Si]2(c3ccccc3)c3ccccc3N(c3nccc4ccccc34)c3ccc(-c4ccc5c(c4)c4ccccc4n5-c4ccc5cc6c(ccc7oc8ccccc8c76)cc5c4)cc32)cc1. The van der Waals surface area contributed by atoms with E-state index in [0.29, 0.717) is 0 Å². The lowest BCUT2D eigenvalue weighted by atomic mass is 9.99. The van der Waals surface area contributed by atoms with Gasteiger partial charge in [0.2, 0.25) is 0 Å². The highest BCUT2D eigenvalue weighted by molar-refractivity contribution is 7.21. The maximum Gasteiger partial charge on any atom is 0.184 e. The number of furan rings is 1. The first-order valence-electron chi connectivity index (χ1n) is 24.0. The Hall–Kier alpha value is -9.03. The van der Waals surface area contributed by atoms with Crippen molar-refractivity contribution in [3.05, 3.63) is 249 Å². The quantitative estimate of drug-likeness (QED) is 0.127. The van der Waals surface area contributed by atoms with Crippen molar-refractivity contribution in [1.29, 1.82) is 0 Å². The summed E-state index contributed by atoms with van der Waals surface area (Å²) in [5.41, 5.74) is 10.0. The Bertz CT molecular complexity index is 4400. The van der Waals surface area contributed by atoms with Gasteiger partial charge in [-0.1, -0.05) is 170 Å². The lowest BCUT2D eigenvalue weighted by Crippen LogP contribution is -2.77. The molecule has 0 saturated carbocycles. The van der Waals surface area contributed by atoms with Gasteiger partial charge in [-0.25, -0.2) is 4.98 Å². The normalized spacial score (nSPS) is 13.2. The van der Waals surface area contributed by atoms with Crippen LogP contribution in [0.2, 0.25) is 0 Å². The standard InChI is InChI=1S/C65H41N3OSi/c1-3-16-49(17-4-1)70(50-18-5-2-6-19-50)62-26-14-12-24-58(62)68(65-51-20-8-7-15-42(51)35-36-66-65)59-33-29-45(41-63(59)70)43-28-32-57-55(40-43)52-21-9-11-23-56(52)67(57)48-31-27-44-39-54-46(37-47(44)38-48)30-34-61-64(54)53-22-10-13-25-60(53)69-61/h1-41H. The monoisotopic (exact) mass is 907 g/mol. The van der Waals surface area contributed by atoms with Crippen molar-refractivity contribution < 1.29 is 4.42 Å². The molecule has 0 radical (unpaired) electrons. The third-order valence-electron chi connectivity index (χ3n) is 15.0. The van der Waals surface area contributed by atoms with Crippen LogP contribution in [-0.2, 0) is 0 Å². The van der Waals surface area contributed by atoms with E-state index < -0.39 is 8.07 Å². The van der Waals surface area contributed by atoms with E-state index in [-0.39, 0.29) is 0 Å². The Labute approximate surface area is 404 Å². The van der Waals surface area contributed by atoms with E-state index in [1.54, 1.807) is 0 Å². The molecule has 326 valence electrons. The van der Waals surface area contributed by atoms with Gasteiger partial charge in [-0.15, -0.1) is 0 Å². The van der Waals surface area contributed by atoms with Crippen molar-refractivity contribution in [2.75, 3.05) is 4.90 Å². The lowest BCUT2D eigenvalue weighted by Gasteiger charge is -2.45. The molecule has 0 aliphatic carbocycles. The van der Waals surface area contributed by atoms with E-state index in [2.05, 4.69) is 246 Å². The van der Waals surface area contributed by atoms with Crippen molar-refractivity contribution in [3.8, 4) is 16.8 Å². The number of para-hydroxylation sites is 3. The molecule has 11 aromatic carbocycles. The van der Waals surface area contributed by atoms with Crippen LogP contribution < -0.4 is 25.6 Å². The predicted octanol–water partition coefficient (Wildman–Crippen LogP) is 14.4. The molecular weight excluding hydrogens is 867 g/mol. The number of nitrogens with zero attached hydrogens (tertiary/aromatic N) is 3. The summed E-state index contributed by atoms with van der Waals surface area (Å²) in [5.74, 6) is 0.934. The van der Waals surface area contributed by atoms with Crippen LogP contribution in [0, 0.1) is 0 Å². The molecule has 5 heteroatoms. The summed E-state index contributed by atoms with van der Waals surface area (Å²) >= 11 is 0. The highest BCUT2D eigenvalue weighted by atomic mass is 28.3. The summed E-state index contributed by atoms with van der Waals surface area (Å²) in [6.45, 7) is 0. The number of fused-ring (bicyclic) bond motifs is 12. The molecule has 0 bridgehead atoms. The number of benzene rings is 11. The molecule has 4 nitrogen and oxygen atoms in total. The van der Waals surface area contributed by atoms with Crippen LogP contribution in [0.4, 0.5) is 17.2 Å². The van der Waals surface area contributed by atoms with Gasteiger partial charge in [0, 0.05) is 50.2 Å². The Morgan fingerprint density at radius 2 is 1.04 bits per heavy atom. The van der Waals surface area contributed by atoms with E-state index in [0.717, 1.165) is 44.5 Å². The van der Waals surface area contributed by atoms with E-state index in [9.17, 15) is 0 Å². The van der Waals surface area contributed by atoms with Crippen molar-refractivity contribution in [1.82, 2.24) is 9.55 Å². The van der Waals surface area contributed by atoms with Crippen LogP contribution in [0.5, 0.6) is 0 Å². The van der Waals surface area contributed by atoms with Gasteiger partial charge < -0.3 is 8.98 Å². The number of hydrogen-bond acceptors (Lipinski definition) is 3. The summed E-state index contributed by atoms with van der Waals surface area (Å²) in [4.78, 5) is 7.60. The predicted molar refractivity (Wildman–Crippen MR) is 296 cm³/mol. The number of aromatic nitrogens is 2. The molecule has 0 spiro atoms. The molecule has 4 heterocycles. The van der Waals surface area contributed by atoms with E-state index in [1.165, 1.54) is 86.3 Å². The Kier molecular flexibility index (Phi) is 8.35. The average molecular weight is 908 g/mol. The van der Waals surface area contributed by atoms with Crippen LogP contribution in [-0.4, -0.2) is 17.6 Å². The van der Waals surface area contributed by atoms with Crippen molar-refractivity contribution in [2.24, 2.45) is 0 Å². The first-order chi connectivity index (χ1) is 34.7. The van der Waals surface area contributed by atoms with Crippen LogP contribution in [0.1, 0.15) is 0 Å². The Balaban J connectivity index is 0.936. The summed E-state index contributed by atoms with van der Waals surface area (Å²) < 4.78 is 8.71. The highest BCUT2D eigenvalue weighted by Crippen LogP contribution is 2.43. The van der Waals surface area contributed by atoms with Gasteiger partial charge in [0.05, 0.1) is 11.0 Å². The highest BCUT2D eigenvalue weighted by Gasteiger charge is 2.49. The van der Waals surface area contributed by atoms with Gasteiger partial charge in [-0.05, 0) is 132 Å². The third kappa shape index (κ3) is 5.55. The fraction of sp³-hybridized carbons (Fsp3) is 0. The van der Waals surface area contributed by atoms with E-state index in [1.807, 2.05) is 12.3 Å². The Morgan fingerprint density at radius 1 is 0.371 bits per heavy atom. The molecule has 0 N–H and O–H groups in total. The van der Waals surface area contributed by atoms with Crippen molar-refractivity contribution >= 4 is 122 Å². The largest absolute Gasteiger partial charge is 0.456 e. The molecule has 1 aliphatic rings. The second-order valence-electron chi connectivity index (χ2n) is 18.6. The van der Waals surface area contributed by atoms with Gasteiger partial charge >= 0.3 is 0 Å². The molecule has 0 unspecified atom stereocenters. The van der Waals surface area contributed by atoms with Crippen molar-refractivity contribution in [2.45, 2.75) is 0 Å².